The van der Waals surface area contributed by atoms with Crippen LogP contribution < -0.4 is 5.73 Å². The van der Waals surface area contributed by atoms with Crippen LogP contribution in [0.25, 0.3) is 0 Å². The van der Waals surface area contributed by atoms with E-state index in [1.54, 1.807) is 7.11 Å². The van der Waals surface area contributed by atoms with Gasteiger partial charge in [-0.3, -0.25) is 0 Å². The summed E-state index contributed by atoms with van der Waals surface area (Å²) in [5.74, 6) is 0. The Kier molecular flexibility index (Phi) is 4.15. The lowest BCUT2D eigenvalue weighted by molar-refractivity contribution is -0.0790. The maximum absolute atomic E-state index is 6.05. The first-order valence-corrected chi connectivity index (χ1v) is 6.21. The van der Waals surface area contributed by atoms with Crippen molar-refractivity contribution in [3.63, 3.8) is 0 Å². The van der Waals surface area contributed by atoms with Crippen molar-refractivity contribution < 1.29 is 9.47 Å². The van der Waals surface area contributed by atoms with E-state index in [9.17, 15) is 0 Å². The van der Waals surface area contributed by atoms with Crippen LogP contribution in [-0.4, -0.2) is 18.9 Å². The molecule has 0 saturated heterocycles. The van der Waals surface area contributed by atoms with E-state index in [-0.39, 0.29) is 0 Å². The van der Waals surface area contributed by atoms with E-state index < -0.39 is 5.72 Å². The molecule has 0 amide bonds. The van der Waals surface area contributed by atoms with Crippen LogP contribution in [-0.2, 0) is 16.1 Å². The average molecular weight is 235 g/mol. The van der Waals surface area contributed by atoms with Gasteiger partial charge >= 0.3 is 0 Å². The van der Waals surface area contributed by atoms with Gasteiger partial charge in [-0.2, -0.15) is 0 Å². The van der Waals surface area contributed by atoms with E-state index >= 15 is 0 Å². The van der Waals surface area contributed by atoms with Crippen molar-refractivity contribution >= 4 is 0 Å². The zero-order chi connectivity index (χ0) is 12.1. The second-order valence-corrected chi connectivity index (χ2v) is 4.76. The van der Waals surface area contributed by atoms with Crippen LogP contribution in [0.3, 0.4) is 0 Å². The van der Waals surface area contributed by atoms with Crippen LogP contribution in [0.1, 0.15) is 31.2 Å². The van der Waals surface area contributed by atoms with Crippen LogP contribution in [0.5, 0.6) is 0 Å². The number of methoxy groups -OCH3 is 1. The number of hydrogen-bond donors (Lipinski definition) is 1. The fourth-order valence-electron chi connectivity index (χ4n) is 2.24. The van der Waals surface area contributed by atoms with E-state index in [0.29, 0.717) is 12.7 Å². The standard InChI is InChI=1S/C14H21NO2/c1-16-14(15)9-7-13(8-10-14)17-11-12-5-3-2-4-6-12/h2-6,13H,7-11,15H2,1H3. The fourth-order valence-corrected chi connectivity index (χ4v) is 2.24. The van der Waals surface area contributed by atoms with E-state index in [1.165, 1.54) is 5.56 Å². The van der Waals surface area contributed by atoms with Crippen molar-refractivity contribution in [1.82, 2.24) is 0 Å². The third-order valence-electron chi connectivity index (χ3n) is 3.51. The second kappa shape index (κ2) is 5.63. The van der Waals surface area contributed by atoms with Gasteiger partial charge in [0, 0.05) is 7.11 Å². The molecule has 0 radical (unpaired) electrons. The molecule has 1 aliphatic carbocycles. The van der Waals surface area contributed by atoms with E-state index in [1.807, 2.05) is 18.2 Å². The maximum Gasteiger partial charge on any atom is 0.116 e. The van der Waals surface area contributed by atoms with Gasteiger partial charge in [-0.05, 0) is 31.2 Å². The van der Waals surface area contributed by atoms with Gasteiger partial charge in [0.1, 0.15) is 5.72 Å². The van der Waals surface area contributed by atoms with Gasteiger partial charge in [0.2, 0.25) is 0 Å². The first-order valence-electron chi connectivity index (χ1n) is 6.21. The molecular formula is C14H21NO2. The smallest absolute Gasteiger partial charge is 0.116 e. The van der Waals surface area contributed by atoms with Gasteiger partial charge in [0.05, 0.1) is 12.7 Å². The minimum Gasteiger partial charge on any atom is -0.374 e. The second-order valence-electron chi connectivity index (χ2n) is 4.76. The van der Waals surface area contributed by atoms with Gasteiger partial charge < -0.3 is 15.2 Å². The summed E-state index contributed by atoms with van der Waals surface area (Å²) in [6, 6.07) is 10.3. The summed E-state index contributed by atoms with van der Waals surface area (Å²) in [5, 5.41) is 0. The monoisotopic (exact) mass is 235 g/mol. The third kappa shape index (κ3) is 3.53. The van der Waals surface area contributed by atoms with Crippen molar-refractivity contribution in [2.45, 2.75) is 44.1 Å². The Labute approximate surface area is 103 Å². The maximum atomic E-state index is 6.05. The molecule has 2 N–H and O–H groups in total. The molecule has 0 aliphatic heterocycles. The number of hydrogen-bond acceptors (Lipinski definition) is 3. The van der Waals surface area contributed by atoms with Gasteiger partial charge in [0.25, 0.3) is 0 Å². The van der Waals surface area contributed by atoms with E-state index in [2.05, 4.69) is 12.1 Å². The summed E-state index contributed by atoms with van der Waals surface area (Å²) in [4.78, 5) is 0. The highest BCUT2D eigenvalue weighted by molar-refractivity contribution is 5.13. The van der Waals surface area contributed by atoms with E-state index in [0.717, 1.165) is 25.7 Å². The molecule has 0 bridgehead atoms. The molecule has 2 rings (SSSR count). The fraction of sp³-hybridized carbons (Fsp3) is 0.571. The Morgan fingerprint density at radius 1 is 1.24 bits per heavy atom. The SMILES string of the molecule is COC1(N)CCC(OCc2ccccc2)CC1. The van der Waals surface area contributed by atoms with Gasteiger partial charge in [-0.15, -0.1) is 0 Å². The zero-order valence-electron chi connectivity index (χ0n) is 10.4. The molecule has 1 aromatic rings. The third-order valence-corrected chi connectivity index (χ3v) is 3.51. The number of benzene rings is 1. The predicted octanol–water partition coefficient (Wildman–Crippen LogP) is 2.45. The average Bonchev–Trinajstić information content (AvgIpc) is 2.39. The molecule has 0 aromatic heterocycles. The van der Waals surface area contributed by atoms with Crippen molar-refractivity contribution in [3.8, 4) is 0 Å². The minimum atomic E-state index is -0.424. The molecule has 17 heavy (non-hydrogen) atoms. The summed E-state index contributed by atoms with van der Waals surface area (Å²) < 4.78 is 11.2. The lowest BCUT2D eigenvalue weighted by atomic mass is 9.90. The van der Waals surface area contributed by atoms with Crippen LogP contribution in [0, 0.1) is 0 Å². The highest BCUT2D eigenvalue weighted by Crippen LogP contribution is 2.28. The van der Waals surface area contributed by atoms with Crippen LogP contribution in [0.2, 0.25) is 0 Å². The van der Waals surface area contributed by atoms with E-state index in [4.69, 9.17) is 15.2 Å². The first-order chi connectivity index (χ1) is 8.22. The summed E-state index contributed by atoms with van der Waals surface area (Å²) in [7, 11) is 1.69. The van der Waals surface area contributed by atoms with Crippen molar-refractivity contribution in [2.75, 3.05) is 7.11 Å². The van der Waals surface area contributed by atoms with Crippen molar-refractivity contribution in [2.24, 2.45) is 5.73 Å². The molecule has 0 unspecified atom stereocenters. The molecule has 1 aromatic carbocycles. The molecular weight excluding hydrogens is 214 g/mol. The molecule has 94 valence electrons. The first kappa shape index (κ1) is 12.6. The summed E-state index contributed by atoms with van der Waals surface area (Å²) in [6.45, 7) is 0.691. The Bertz CT molecular complexity index is 331. The zero-order valence-corrected chi connectivity index (χ0v) is 10.4. The molecule has 0 heterocycles. The molecule has 3 nitrogen and oxygen atoms in total. The van der Waals surface area contributed by atoms with Crippen LogP contribution in [0.4, 0.5) is 0 Å². The molecule has 1 fully saturated rings. The van der Waals surface area contributed by atoms with Gasteiger partial charge in [0.15, 0.2) is 0 Å². The Hall–Kier alpha value is -0.900. The Morgan fingerprint density at radius 3 is 2.47 bits per heavy atom. The summed E-state index contributed by atoms with van der Waals surface area (Å²) in [5.41, 5.74) is 6.85. The van der Waals surface area contributed by atoms with Gasteiger partial charge in [-0.25, -0.2) is 0 Å². The number of rotatable bonds is 4. The number of ether oxygens (including phenoxy) is 2. The van der Waals surface area contributed by atoms with Crippen LogP contribution in [0.15, 0.2) is 30.3 Å². The molecule has 1 saturated carbocycles. The quantitative estimate of drug-likeness (QED) is 0.815. The highest BCUT2D eigenvalue weighted by atomic mass is 16.5. The lowest BCUT2D eigenvalue weighted by Gasteiger charge is -2.35. The number of nitrogens with two attached hydrogens (primary N) is 1. The topological polar surface area (TPSA) is 44.5 Å². The normalized spacial score (nSPS) is 29.2. The molecule has 1 aliphatic rings. The van der Waals surface area contributed by atoms with Crippen molar-refractivity contribution in [1.29, 1.82) is 0 Å². The Balaban J connectivity index is 1.75. The highest BCUT2D eigenvalue weighted by Gasteiger charge is 2.31. The van der Waals surface area contributed by atoms with Gasteiger partial charge in [-0.1, -0.05) is 30.3 Å². The molecule has 3 heteroatoms. The van der Waals surface area contributed by atoms with Crippen LogP contribution >= 0.6 is 0 Å². The summed E-state index contributed by atoms with van der Waals surface area (Å²) >= 11 is 0. The summed E-state index contributed by atoms with van der Waals surface area (Å²) in [6.07, 6.45) is 4.04. The molecule has 0 spiro atoms. The largest absolute Gasteiger partial charge is 0.374 e. The minimum absolute atomic E-state index is 0.321. The predicted molar refractivity (Wildman–Crippen MR) is 67.4 cm³/mol. The lowest BCUT2D eigenvalue weighted by Crippen LogP contribution is -2.46. The van der Waals surface area contributed by atoms with Crippen molar-refractivity contribution in [3.05, 3.63) is 35.9 Å². The molecule has 0 atom stereocenters. The Morgan fingerprint density at radius 2 is 1.88 bits per heavy atom.